The molecule has 2 amide bonds. The van der Waals surface area contributed by atoms with Crippen LogP contribution in [0.5, 0.6) is 0 Å². The minimum absolute atomic E-state index is 0.0294. The Morgan fingerprint density at radius 3 is 2.48 bits per heavy atom. The molecule has 2 N–H and O–H groups in total. The smallest absolute Gasteiger partial charge is 0.318 e. The van der Waals surface area contributed by atoms with E-state index in [-0.39, 0.29) is 64.8 Å². The molecule has 0 aromatic heterocycles. The zero-order chi connectivity index (χ0) is 28.4. The van der Waals surface area contributed by atoms with E-state index >= 15 is 0 Å². The van der Waals surface area contributed by atoms with E-state index in [2.05, 4.69) is 44.4 Å². The normalized spacial score (nSPS) is 39.5. The summed E-state index contributed by atoms with van der Waals surface area (Å²) in [5, 5.41) is 5.87. The summed E-state index contributed by atoms with van der Waals surface area (Å²) in [4.78, 5) is 52.4. The lowest BCUT2D eigenvalue weighted by Gasteiger charge is -2.68. The average Bonchev–Trinajstić information content (AvgIpc) is 3.26. The third-order valence-electron chi connectivity index (χ3n) is 11.7. The minimum atomic E-state index is -0.596. The maximum Gasteiger partial charge on any atom is 0.318 e. The number of ether oxygens (including phenoxy) is 1. The van der Waals surface area contributed by atoms with Gasteiger partial charge in [-0.15, -0.1) is 0 Å². The highest BCUT2D eigenvalue weighted by atomic mass is 16.6. The molecule has 7 nitrogen and oxygen atoms in total. The van der Waals surface area contributed by atoms with Crippen molar-refractivity contribution in [3.8, 4) is 0 Å². The van der Waals surface area contributed by atoms with Crippen LogP contribution in [-0.4, -0.2) is 30.3 Å². The van der Waals surface area contributed by atoms with Gasteiger partial charge in [0.05, 0.1) is 18.4 Å². The molecule has 1 aliphatic heterocycles. The summed E-state index contributed by atoms with van der Waals surface area (Å²) in [5.41, 5.74) is 1.19. The number of hydrogen-bond acceptors (Lipinski definition) is 5. The predicted molar refractivity (Wildman–Crippen MR) is 149 cm³/mol. The molecule has 214 valence electrons. The first-order valence-electron chi connectivity index (χ1n) is 15.1. The molecular formula is C33H42N2O5. The van der Waals surface area contributed by atoms with Crippen molar-refractivity contribution < 1.29 is 23.9 Å². The maximum atomic E-state index is 13.8. The van der Waals surface area contributed by atoms with Gasteiger partial charge in [-0.25, -0.2) is 0 Å². The Balaban J connectivity index is 1.22. The fourth-order valence-corrected chi connectivity index (χ4v) is 10.00. The number of carbonyl (C=O) groups excluding carboxylic acids is 4. The molecule has 0 radical (unpaired) electrons. The van der Waals surface area contributed by atoms with E-state index < -0.39 is 11.3 Å². The van der Waals surface area contributed by atoms with Gasteiger partial charge in [0.25, 0.3) is 0 Å². The zero-order valence-corrected chi connectivity index (χ0v) is 24.1. The number of fused-ring (bicyclic) bond motifs is 1. The number of benzene rings is 1. The second-order valence-electron chi connectivity index (χ2n) is 13.9. The van der Waals surface area contributed by atoms with Gasteiger partial charge >= 0.3 is 11.9 Å². The fourth-order valence-electron chi connectivity index (χ4n) is 10.00. The monoisotopic (exact) mass is 546 g/mol. The lowest BCUT2D eigenvalue weighted by atomic mass is 9.34. The third kappa shape index (κ3) is 3.90. The minimum Gasteiger partial charge on any atom is -0.393 e. The number of esters is 2. The van der Waals surface area contributed by atoms with Crippen molar-refractivity contribution >= 4 is 23.8 Å². The van der Waals surface area contributed by atoms with Gasteiger partial charge in [-0.05, 0) is 66.8 Å². The Hall–Kier alpha value is -2.96. The van der Waals surface area contributed by atoms with Crippen molar-refractivity contribution in [3.05, 3.63) is 47.5 Å². The SMILES string of the molecule is CC(C)C1=CC23CCC4C(C)(C(=O)NCC(=O)NCc5ccccc5)CCCC4(C)C2CC1C1C(=O)OC(=O)C13. The Labute approximate surface area is 236 Å². The number of allylic oxidation sites excluding steroid dienone is 2. The van der Waals surface area contributed by atoms with E-state index in [0.29, 0.717) is 12.5 Å². The van der Waals surface area contributed by atoms with E-state index in [1.807, 2.05) is 30.3 Å². The highest BCUT2D eigenvalue weighted by Crippen LogP contribution is 2.74. The molecule has 1 spiro atoms. The summed E-state index contributed by atoms with van der Waals surface area (Å²) >= 11 is 0. The number of amides is 2. The molecular weight excluding hydrogens is 504 g/mol. The zero-order valence-electron chi connectivity index (χ0n) is 24.1. The molecule has 7 rings (SSSR count). The van der Waals surface area contributed by atoms with Gasteiger partial charge < -0.3 is 15.4 Å². The largest absolute Gasteiger partial charge is 0.393 e. The Morgan fingerprint density at radius 1 is 1.00 bits per heavy atom. The number of nitrogens with one attached hydrogen (secondary N) is 2. The molecule has 1 aromatic carbocycles. The summed E-state index contributed by atoms with van der Waals surface area (Å²) in [5.74, 6) is -1.01. The van der Waals surface area contributed by atoms with Crippen LogP contribution >= 0.6 is 0 Å². The molecule has 5 aliphatic carbocycles. The Kier molecular flexibility index (Phi) is 6.50. The predicted octanol–water partition coefficient (Wildman–Crippen LogP) is 4.56. The average molecular weight is 547 g/mol. The summed E-state index contributed by atoms with van der Waals surface area (Å²) in [6.07, 6.45) is 7.57. The molecule has 1 saturated heterocycles. The maximum absolute atomic E-state index is 13.8. The van der Waals surface area contributed by atoms with Crippen LogP contribution in [0.2, 0.25) is 0 Å². The van der Waals surface area contributed by atoms with Crippen LogP contribution in [0, 0.1) is 51.8 Å². The van der Waals surface area contributed by atoms with Crippen molar-refractivity contribution in [1.82, 2.24) is 10.6 Å². The van der Waals surface area contributed by atoms with E-state index in [9.17, 15) is 19.2 Å². The molecule has 8 atom stereocenters. The number of hydrogen-bond donors (Lipinski definition) is 2. The number of carbonyl (C=O) groups is 4. The van der Waals surface area contributed by atoms with Crippen LogP contribution in [0.1, 0.15) is 71.8 Å². The van der Waals surface area contributed by atoms with Crippen LogP contribution in [0.15, 0.2) is 42.0 Å². The van der Waals surface area contributed by atoms with E-state index in [0.717, 1.165) is 44.1 Å². The third-order valence-corrected chi connectivity index (χ3v) is 11.7. The van der Waals surface area contributed by atoms with Crippen molar-refractivity contribution in [2.24, 2.45) is 51.8 Å². The summed E-state index contributed by atoms with van der Waals surface area (Å²) < 4.78 is 5.30. The summed E-state index contributed by atoms with van der Waals surface area (Å²) in [6, 6.07) is 9.72. The van der Waals surface area contributed by atoms with Gasteiger partial charge in [0.15, 0.2) is 0 Å². The first kappa shape index (κ1) is 27.2. The second kappa shape index (κ2) is 9.56. The molecule has 3 saturated carbocycles. The number of cyclic esters (lactones) is 2. The standard InChI is InChI=1S/C33H42N2O5/c1-19(2)22-16-33-14-11-23-31(3,24(33)15-21(22)26-27(33)29(38)40-28(26)37)12-8-13-32(23,4)30(39)35-18-25(36)34-17-20-9-6-5-7-10-20/h5-7,9-10,16,19,21,23-24,26-27H,8,11-15,17-18H2,1-4H3,(H,34,36)(H,35,39). The van der Waals surface area contributed by atoms with Crippen molar-refractivity contribution in [1.29, 1.82) is 0 Å². The van der Waals surface area contributed by atoms with Gasteiger partial charge in [-0.2, -0.15) is 0 Å². The molecule has 6 aliphatic rings. The second-order valence-corrected chi connectivity index (χ2v) is 13.9. The van der Waals surface area contributed by atoms with Gasteiger partial charge in [0.1, 0.15) is 0 Å². The quantitative estimate of drug-likeness (QED) is 0.310. The van der Waals surface area contributed by atoms with Crippen LogP contribution in [0.4, 0.5) is 0 Å². The molecule has 4 fully saturated rings. The highest BCUT2D eigenvalue weighted by molar-refractivity contribution is 5.98. The van der Waals surface area contributed by atoms with Crippen molar-refractivity contribution in [2.45, 2.75) is 72.8 Å². The lowest BCUT2D eigenvalue weighted by molar-refractivity contribution is -0.187. The first-order valence-corrected chi connectivity index (χ1v) is 15.1. The molecule has 2 bridgehead atoms. The van der Waals surface area contributed by atoms with Crippen LogP contribution in [0.3, 0.4) is 0 Å². The molecule has 1 aromatic rings. The summed E-state index contributed by atoms with van der Waals surface area (Å²) in [7, 11) is 0. The van der Waals surface area contributed by atoms with Crippen LogP contribution in [-0.2, 0) is 30.5 Å². The highest BCUT2D eigenvalue weighted by Gasteiger charge is 2.73. The van der Waals surface area contributed by atoms with Crippen LogP contribution in [0.25, 0.3) is 0 Å². The van der Waals surface area contributed by atoms with E-state index in [4.69, 9.17) is 4.74 Å². The van der Waals surface area contributed by atoms with E-state index in [1.54, 1.807) is 0 Å². The molecule has 40 heavy (non-hydrogen) atoms. The molecule has 8 unspecified atom stereocenters. The first-order chi connectivity index (χ1) is 19.0. The van der Waals surface area contributed by atoms with Gasteiger partial charge in [-0.3, -0.25) is 19.2 Å². The van der Waals surface area contributed by atoms with Gasteiger partial charge in [-0.1, -0.05) is 76.1 Å². The topological polar surface area (TPSA) is 102 Å². The van der Waals surface area contributed by atoms with E-state index in [1.165, 1.54) is 5.57 Å². The van der Waals surface area contributed by atoms with Gasteiger partial charge in [0.2, 0.25) is 11.8 Å². The van der Waals surface area contributed by atoms with Gasteiger partial charge in [0, 0.05) is 17.4 Å². The van der Waals surface area contributed by atoms with Crippen molar-refractivity contribution in [2.75, 3.05) is 6.54 Å². The Morgan fingerprint density at radius 2 is 1.75 bits per heavy atom. The van der Waals surface area contributed by atoms with Crippen molar-refractivity contribution in [3.63, 3.8) is 0 Å². The molecule has 7 heteroatoms. The Bertz CT molecular complexity index is 1270. The fraction of sp³-hybridized carbons (Fsp3) is 0.636. The number of rotatable bonds is 6. The van der Waals surface area contributed by atoms with Crippen LogP contribution < -0.4 is 10.6 Å². The lowest BCUT2D eigenvalue weighted by Crippen LogP contribution is -2.65. The molecule has 1 heterocycles. The summed E-state index contributed by atoms with van der Waals surface area (Å²) in [6.45, 7) is 9.16.